The minimum atomic E-state index is 0.662. The predicted octanol–water partition coefficient (Wildman–Crippen LogP) is 2.07. The third-order valence-corrected chi connectivity index (χ3v) is 3.33. The third-order valence-electron chi connectivity index (χ3n) is 3.33. The van der Waals surface area contributed by atoms with Crippen molar-refractivity contribution in [3.8, 4) is 5.75 Å². The highest BCUT2D eigenvalue weighted by atomic mass is 16.5. The number of anilines is 1. The van der Waals surface area contributed by atoms with Crippen LogP contribution in [0.4, 0.5) is 5.69 Å². The summed E-state index contributed by atoms with van der Waals surface area (Å²) in [5, 5.41) is 3.29. The van der Waals surface area contributed by atoms with Gasteiger partial charge in [0.05, 0.1) is 26.0 Å². The lowest BCUT2D eigenvalue weighted by molar-refractivity contribution is 0.190. The number of nitrogens with one attached hydrogen (secondary N) is 1. The molecule has 0 amide bonds. The van der Waals surface area contributed by atoms with Gasteiger partial charge in [-0.15, -0.1) is 6.58 Å². The van der Waals surface area contributed by atoms with Gasteiger partial charge in [0.1, 0.15) is 5.75 Å². The van der Waals surface area contributed by atoms with E-state index >= 15 is 0 Å². The molecule has 1 N–H and O–H groups in total. The maximum atomic E-state index is 5.56. The first-order valence-electron chi connectivity index (χ1n) is 7.48. The molecule has 0 aliphatic carbocycles. The number of hydrogen-bond donors (Lipinski definition) is 1. The van der Waals surface area contributed by atoms with E-state index in [4.69, 9.17) is 14.2 Å². The van der Waals surface area contributed by atoms with Gasteiger partial charge in [0.15, 0.2) is 0 Å². The van der Waals surface area contributed by atoms with Crippen LogP contribution >= 0.6 is 0 Å². The molecular weight excluding hydrogens is 280 g/mol. The van der Waals surface area contributed by atoms with Crippen LogP contribution in [-0.4, -0.2) is 54.2 Å². The molecule has 124 valence electrons. The Kier molecular flexibility index (Phi) is 9.30. The molecule has 0 unspecified atom stereocenters. The van der Waals surface area contributed by atoms with Crippen LogP contribution < -0.4 is 15.0 Å². The van der Waals surface area contributed by atoms with Gasteiger partial charge in [-0.3, -0.25) is 0 Å². The van der Waals surface area contributed by atoms with Gasteiger partial charge in [-0.25, -0.2) is 0 Å². The standard InChI is InChI=1S/C17H28N2O3/c1-5-8-18-14-15-6-7-16(17(13-15)22-4)19(9-11-20-2)10-12-21-3/h5-7,13,18H,1,8-12,14H2,2-4H3. The minimum absolute atomic E-state index is 0.662. The summed E-state index contributed by atoms with van der Waals surface area (Å²) in [7, 11) is 5.12. The lowest BCUT2D eigenvalue weighted by Gasteiger charge is -2.26. The Labute approximate surface area is 133 Å². The van der Waals surface area contributed by atoms with Crippen molar-refractivity contribution in [2.24, 2.45) is 0 Å². The molecule has 0 saturated heterocycles. The molecule has 0 bridgehead atoms. The van der Waals surface area contributed by atoms with Gasteiger partial charge >= 0.3 is 0 Å². The van der Waals surface area contributed by atoms with E-state index in [1.165, 1.54) is 5.56 Å². The SMILES string of the molecule is C=CCNCc1ccc(N(CCOC)CCOC)c(OC)c1. The maximum absolute atomic E-state index is 5.56. The third kappa shape index (κ3) is 6.05. The summed E-state index contributed by atoms with van der Waals surface area (Å²) in [6, 6.07) is 6.27. The molecular formula is C17H28N2O3. The molecule has 0 atom stereocenters. The topological polar surface area (TPSA) is 43.0 Å². The van der Waals surface area contributed by atoms with Crippen LogP contribution in [0.25, 0.3) is 0 Å². The Morgan fingerprint density at radius 2 is 1.82 bits per heavy atom. The lowest BCUT2D eigenvalue weighted by Crippen LogP contribution is -2.31. The molecule has 1 aromatic rings. The zero-order valence-corrected chi connectivity index (χ0v) is 13.9. The van der Waals surface area contributed by atoms with Crippen LogP contribution in [0.1, 0.15) is 5.56 Å². The van der Waals surface area contributed by atoms with Crippen LogP contribution in [0, 0.1) is 0 Å². The summed E-state index contributed by atoms with van der Waals surface area (Å²) in [4.78, 5) is 2.22. The smallest absolute Gasteiger partial charge is 0.142 e. The average molecular weight is 308 g/mol. The molecule has 1 rings (SSSR count). The van der Waals surface area contributed by atoms with E-state index in [9.17, 15) is 0 Å². The molecule has 0 saturated carbocycles. The fraction of sp³-hybridized carbons (Fsp3) is 0.529. The number of benzene rings is 1. The maximum Gasteiger partial charge on any atom is 0.142 e. The number of nitrogens with zero attached hydrogens (tertiary/aromatic N) is 1. The van der Waals surface area contributed by atoms with Crippen LogP contribution in [-0.2, 0) is 16.0 Å². The molecule has 0 fully saturated rings. The average Bonchev–Trinajstić information content (AvgIpc) is 2.55. The Morgan fingerprint density at radius 1 is 1.14 bits per heavy atom. The van der Waals surface area contributed by atoms with E-state index < -0.39 is 0 Å². The van der Waals surface area contributed by atoms with E-state index in [1.807, 2.05) is 6.08 Å². The summed E-state index contributed by atoms with van der Waals surface area (Å²) in [5.41, 5.74) is 2.24. The van der Waals surface area contributed by atoms with Gasteiger partial charge in [0, 0.05) is 40.4 Å². The van der Waals surface area contributed by atoms with Crippen molar-refractivity contribution < 1.29 is 14.2 Å². The molecule has 0 aromatic heterocycles. The fourth-order valence-corrected chi connectivity index (χ4v) is 2.17. The van der Waals surface area contributed by atoms with E-state index in [-0.39, 0.29) is 0 Å². The molecule has 0 aliphatic heterocycles. The van der Waals surface area contributed by atoms with E-state index in [2.05, 4.69) is 35.0 Å². The Balaban J connectivity index is 2.85. The highest BCUT2D eigenvalue weighted by molar-refractivity contribution is 5.60. The number of methoxy groups -OCH3 is 3. The first kappa shape index (κ1) is 18.5. The van der Waals surface area contributed by atoms with Gasteiger partial charge < -0.3 is 24.4 Å². The van der Waals surface area contributed by atoms with Gasteiger partial charge in [0.25, 0.3) is 0 Å². The van der Waals surface area contributed by atoms with E-state index in [0.717, 1.165) is 37.6 Å². The number of hydrogen-bond acceptors (Lipinski definition) is 5. The zero-order valence-electron chi connectivity index (χ0n) is 13.9. The second-order valence-electron chi connectivity index (χ2n) is 4.90. The van der Waals surface area contributed by atoms with Gasteiger partial charge in [-0.05, 0) is 17.7 Å². The molecule has 22 heavy (non-hydrogen) atoms. The largest absolute Gasteiger partial charge is 0.495 e. The highest BCUT2D eigenvalue weighted by Gasteiger charge is 2.12. The second-order valence-corrected chi connectivity index (χ2v) is 4.90. The fourth-order valence-electron chi connectivity index (χ4n) is 2.17. The van der Waals surface area contributed by atoms with E-state index in [1.54, 1.807) is 21.3 Å². The van der Waals surface area contributed by atoms with Crippen LogP contribution in [0.3, 0.4) is 0 Å². The molecule has 1 aromatic carbocycles. The van der Waals surface area contributed by atoms with Crippen LogP contribution in [0.2, 0.25) is 0 Å². The van der Waals surface area contributed by atoms with Crippen molar-refractivity contribution in [2.75, 3.05) is 59.1 Å². The predicted molar refractivity (Wildman–Crippen MR) is 90.9 cm³/mol. The van der Waals surface area contributed by atoms with E-state index in [0.29, 0.717) is 13.2 Å². The normalized spacial score (nSPS) is 10.5. The van der Waals surface area contributed by atoms with Crippen molar-refractivity contribution in [2.45, 2.75) is 6.54 Å². The summed E-state index contributed by atoms with van der Waals surface area (Å²) >= 11 is 0. The van der Waals surface area contributed by atoms with Crippen LogP contribution in [0.15, 0.2) is 30.9 Å². The first-order valence-corrected chi connectivity index (χ1v) is 7.48. The molecule has 5 nitrogen and oxygen atoms in total. The van der Waals surface area contributed by atoms with Gasteiger partial charge in [-0.2, -0.15) is 0 Å². The highest BCUT2D eigenvalue weighted by Crippen LogP contribution is 2.29. The van der Waals surface area contributed by atoms with Crippen molar-refractivity contribution >= 4 is 5.69 Å². The van der Waals surface area contributed by atoms with Crippen LogP contribution in [0.5, 0.6) is 5.75 Å². The Bertz CT molecular complexity index is 430. The summed E-state index contributed by atoms with van der Waals surface area (Å²) < 4.78 is 15.9. The monoisotopic (exact) mass is 308 g/mol. The number of rotatable bonds is 12. The quantitative estimate of drug-likeness (QED) is 0.473. The zero-order chi connectivity index (χ0) is 16.2. The lowest BCUT2D eigenvalue weighted by atomic mass is 10.1. The van der Waals surface area contributed by atoms with Gasteiger partial charge in [0.2, 0.25) is 0 Å². The van der Waals surface area contributed by atoms with Crippen molar-refractivity contribution in [3.05, 3.63) is 36.4 Å². The van der Waals surface area contributed by atoms with Gasteiger partial charge in [-0.1, -0.05) is 12.1 Å². The second kappa shape index (κ2) is 11.1. The molecule has 0 aliphatic rings. The van der Waals surface area contributed by atoms with Crippen molar-refractivity contribution in [1.82, 2.24) is 5.32 Å². The Hall–Kier alpha value is -1.56. The first-order chi connectivity index (χ1) is 10.8. The molecule has 0 spiro atoms. The van der Waals surface area contributed by atoms with Crippen molar-refractivity contribution in [3.63, 3.8) is 0 Å². The summed E-state index contributed by atoms with van der Waals surface area (Å²) in [5.74, 6) is 0.866. The Morgan fingerprint density at radius 3 is 2.36 bits per heavy atom. The van der Waals surface area contributed by atoms with Crippen molar-refractivity contribution in [1.29, 1.82) is 0 Å². The molecule has 0 heterocycles. The summed E-state index contributed by atoms with van der Waals surface area (Å²) in [6.45, 7) is 8.20. The molecule has 0 radical (unpaired) electrons. The molecule has 5 heteroatoms. The summed E-state index contributed by atoms with van der Waals surface area (Å²) in [6.07, 6.45) is 1.85. The minimum Gasteiger partial charge on any atom is -0.495 e. The number of ether oxygens (including phenoxy) is 3.